The Bertz CT molecular complexity index is 1090. The lowest BCUT2D eigenvalue weighted by Crippen LogP contribution is -2.22. The molecule has 2 aromatic carbocycles. The minimum absolute atomic E-state index is 0.1000. The SMILES string of the molecule is CN(CCCC(=O)O)c1nc(NCc2ccc3c(c2)OOC3)c2cc(Cl)ccc2n1. The monoisotopic (exact) mass is 428 g/mol. The molecule has 0 amide bonds. The van der Waals surface area contributed by atoms with Gasteiger partial charge < -0.3 is 20.2 Å². The number of rotatable bonds is 8. The smallest absolute Gasteiger partial charge is 0.303 e. The predicted octanol–water partition coefficient (Wildman–Crippen LogP) is 4.02. The number of nitrogens with zero attached hydrogens (tertiary/aromatic N) is 3. The molecule has 0 fully saturated rings. The van der Waals surface area contributed by atoms with Crippen LogP contribution in [0.2, 0.25) is 5.02 Å². The van der Waals surface area contributed by atoms with E-state index in [9.17, 15) is 4.79 Å². The van der Waals surface area contributed by atoms with Crippen molar-refractivity contribution in [2.45, 2.75) is 26.0 Å². The average Bonchev–Trinajstić information content (AvgIpc) is 3.19. The number of carbonyl (C=O) groups is 1. The predicted molar refractivity (Wildman–Crippen MR) is 114 cm³/mol. The molecule has 8 nitrogen and oxygen atoms in total. The van der Waals surface area contributed by atoms with Crippen molar-refractivity contribution in [3.05, 3.63) is 52.5 Å². The molecule has 0 unspecified atom stereocenters. The standard InChI is InChI=1S/C21H21ClN4O4/c1-26(8-2-3-19(27)28)21-24-17-7-6-15(22)10-16(17)20(25-21)23-11-13-4-5-14-12-29-30-18(14)9-13/h4-7,9-10H,2-3,8,11-12H2,1H3,(H,27,28)(H,23,24,25). The van der Waals surface area contributed by atoms with Crippen LogP contribution in [-0.4, -0.2) is 34.6 Å². The number of anilines is 2. The van der Waals surface area contributed by atoms with Gasteiger partial charge in [-0.05, 0) is 36.2 Å². The number of carboxylic acid groups (broad SMARTS) is 1. The van der Waals surface area contributed by atoms with Crippen molar-refractivity contribution in [3.8, 4) is 5.75 Å². The number of halogens is 1. The van der Waals surface area contributed by atoms with E-state index >= 15 is 0 Å². The number of hydrogen-bond donors (Lipinski definition) is 2. The molecule has 1 aliphatic rings. The van der Waals surface area contributed by atoms with Crippen LogP contribution in [0.15, 0.2) is 36.4 Å². The second-order valence-corrected chi connectivity index (χ2v) is 7.53. The number of hydrogen-bond acceptors (Lipinski definition) is 7. The lowest BCUT2D eigenvalue weighted by Gasteiger charge is -2.19. The maximum atomic E-state index is 10.8. The van der Waals surface area contributed by atoms with Crippen molar-refractivity contribution in [3.63, 3.8) is 0 Å². The third-order valence-electron chi connectivity index (χ3n) is 4.83. The summed E-state index contributed by atoms with van der Waals surface area (Å²) in [6.07, 6.45) is 0.608. The van der Waals surface area contributed by atoms with Crippen LogP contribution in [0, 0.1) is 0 Å². The summed E-state index contributed by atoms with van der Waals surface area (Å²) in [4.78, 5) is 32.1. The average molecular weight is 429 g/mol. The van der Waals surface area contributed by atoms with Gasteiger partial charge in [0.05, 0.1) is 5.52 Å². The maximum absolute atomic E-state index is 10.8. The van der Waals surface area contributed by atoms with Crippen molar-refractivity contribution in [2.24, 2.45) is 0 Å². The zero-order valence-electron chi connectivity index (χ0n) is 16.4. The molecular weight excluding hydrogens is 408 g/mol. The molecule has 9 heteroatoms. The van der Waals surface area contributed by atoms with E-state index in [0.717, 1.165) is 27.8 Å². The molecular formula is C21H21ClN4O4. The Balaban J connectivity index is 1.58. The molecule has 0 aliphatic carbocycles. The minimum atomic E-state index is -0.816. The van der Waals surface area contributed by atoms with Gasteiger partial charge in [-0.1, -0.05) is 23.7 Å². The fraction of sp³-hybridized carbons (Fsp3) is 0.286. The maximum Gasteiger partial charge on any atom is 0.303 e. The number of nitrogens with one attached hydrogen (secondary N) is 1. The molecule has 0 saturated heterocycles. The molecule has 0 spiro atoms. The highest BCUT2D eigenvalue weighted by Gasteiger charge is 2.15. The van der Waals surface area contributed by atoms with Crippen molar-refractivity contribution < 1.29 is 19.7 Å². The summed E-state index contributed by atoms with van der Waals surface area (Å²) in [5, 5.41) is 13.6. The van der Waals surface area contributed by atoms with E-state index in [1.807, 2.05) is 42.3 Å². The lowest BCUT2D eigenvalue weighted by molar-refractivity contribution is -0.194. The topological polar surface area (TPSA) is 96.8 Å². The minimum Gasteiger partial charge on any atom is -0.481 e. The summed E-state index contributed by atoms with van der Waals surface area (Å²) in [6, 6.07) is 11.4. The zero-order chi connectivity index (χ0) is 21.1. The van der Waals surface area contributed by atoms with Gasteiger partial charge in [0.15, 0.2) is 5.75 Å². The Morgan fingerprint density at radius 3 is 2.97 bits per heavy atom. The van der Waals surface area contributed by atoms with Crippen LogP contribution in [0.25, 0.3) is 10.9 Å². The van der Waals surface area contributed by atoms with Gasteiger partial charge in [0.1, 0.15) is 12.4 Å². The molecule has 0 saturated carbocycles. The van der Waals surface area contributed by atoms with E-state index in [-0.39, 0.29) is 6.42 Å². The third kappa shape index (κ3) is 4.55. The molecule has 3 aromatic rings. The molecule has 0 atom stereocenters. The second-order valence-electron chi connectivity index (χ2n) is 7.09. The Morgan fingerprint density at radius 1 is 1.27 bits per heavy atom. The molecule has 30 heavy (non-hydrogen) atoms. The summed E-state index contributed by atoms with van der Waals surface area (Å²) in [5.74, 6) is 1.08. The van der Waals surface area contributed by atoms with Gasteiger partial charge in [-0.15, -0.1) is 0 Å². The number of aromatic nitrogens is 2. The van der Waals surface area contributed by atoms with E-state index in [1.165, 1.54) is 0 Å². The fourth-order valence-electron chi connectivity index (χ4n) is 3.21. The van der Waals surface area contributed by atoms with Gasteiger partial charge in [-0.25, -0.2) is 4.98 Å². The van der Waals surface area contributed by atoms with Crippen LogP contribution in [0.3, 0.4) is 0 Å². The molecule has 2 heterocycles. The summed E-state index contributed by atoms with van der Waals surface area (Å²) in [7, 11) is 1.85. The van der Waals surface area contributed by atoms with Crippen molar-refractivity contribution >= 4 is 40.2 Å². The summed E-state index contributed by atoms with van der Waals surface area (Å²) >= 11 is 6.19. The van der Waals surface area contributed by atoms with Gasteiger partial charge in [-0.2, -0.15) is 9.87 Å². The Kier molecular flexibility index (Phi) is 5.87. The Morgan fingerprint density at radius 2 is 2.13 bits per heavy atom. The molecule has 4 rings (SSSR count). The zero-order valence-corrected chi connectivity index (χ0v) is 17.1. The normalized spacial score (nSPS) is 12.5. The highest BCUT2D eigenvalue weighted by molar-refractivity contribution is 6.31. The molecule has 0 bridgehead atoms. The quantitative estimate of drug-likeness (QED) is 0.519. The number of fused-ring (bicyclic) bond motifs is 2. The van der Waals surface area contributed by atoms with Crippen LogP contribution in [0.4, 0.5) is 11.8 Å². The highest BCUT2D eigenvalue weighted by atomic mass is 35.5. The van der Waals surface area contributed by atoms with Crippen LogP contribution in [0.1, 0.15) is 24.0 Å². The van der Waals surface area contributed by atoms with E-state index < -0.39 is 5.97 Å². The van der Waals surface area contributed by atoms with Crippen LogP contribution in [0.5, 0.6) is 5.75 Å². The second kappa shape index (κ2) is 8.73. The Labute approximate surface area is 178 Å². The first-order valence-corrected chi connectivity index (χ1v) is 9.93. The Hall–Kier alpha value is -3.10. The first-order chi connectivity index (χ1) is 14.5. The van der Waals surface area contributed by atoms with Crippen LogP contribution >= 0.6 is 11.6 Å². The molecule has 156 valence electrons. The van der Waals surface area contributed by atoms with Crippen molar-refractivity contribution in [1.29, 1.82) is 0 Å². The van der Waals surface area contributed by atoms with E-state index in [0.29, 0.717) is 42.9 Å². The lowest BCUT2D eigenvalue weighted by atomic mass is 10.1. The molecule has 2 N–H and O–H groups in total. The van der Waals surface area contributed by atoms with Crippen molar-refractivity contribution in [2.75, 3.05) is 23.8 Å². The first kappa shape index (κ1) is 20.2. The summed E-state index contributed by atoms with van der Waals surface area (Å²) in [6.45, 7) is 1.51. The first-order valence-electron chi connectivity index (χ1n) is 9.55. The largest absolute Gasteiger partial charge is 0.481 e. The van der Waals surface area contributed by atoms with Crippen LogP contribution < -0.4 is 15.1 Å². The fourth-order valence-corrected chi connectivity index (χ4v) is 3.38. The molecule has 0 radical (unpaired) electrons. The van der Waals surface area contributed by atoms with Crippen LogP contribution in [-0.2, 0) is 22.8 Å². The van der Waals surface area contributed by atoms with Gasteiger partial charge in [0.2, 0.25) is 5.95 Å². The number of benzene rings is 2. The number of carboxylic acids is 1. The summed E-state index contributed by atoms with van der Waals surface area (Å²) < 4.78 is 0. The van der Waals surface area contributed by atoms with Gasteiger partial charge in [0.25, 0.3) is 0 Å². The highest BCUT2D eigenvalue weighted by Crippen LogP contribution is 2.29. The van der Waals surface area contributed by atoms with Gasteiger partial charge in [0, 0.05) is 42.5 Å². The molecule has 1 aromatic heterocycles. The van der Waals surface area contributed by atoms with E-state index in [4.69, 9.17) is 26.5 Å². The third-order valence-corrected chi connectivity index (χ3v) is 5.06. The van der Waals surface area contributed by atoms with E-state index in [1.54, 1.807) is 6.07 Å². The van der Waals surface area contributed by atoms with Gasteiger partial charge in [-0.3, -0.25) is 4.79 Å². The summed E-state index contributed by atoms with van der Waals surface area (Å²) in [5.41, 5.74) is 2.79. The van der Waals surface area contributed by atoms with Crippen molar-refractivity contribution in [1.82, 2.24) is 9.97 Å². The molecule has 1 aliphatic heterocycles. The van der Waals surface area contributed by atoms with Gasteiger partial charge >= 0.3 is 5.97 Å². The van der Waals surface area contributed by atoms with E-state index in [2.05, 4.69) is 15.3 Å². The number of aliphatic carboxylic acids is 1.